The maximum atomic E-state index is 12.0. The zero-order valence-corrected chi connectivity index (χ0v) is 9.78. The lowest BCUT2D eigenvalue weighted by Crippen LogP contribution is -2.45. The number of nitrogens with one attached hydrogen (secondary N) is 1. The number of anilines is 1. The molecular weight excluding hydrogens is 214 g/mol. The Balaban J connectivity index is 1.66. The first-order valence-electron chi connectivity index (χ1n) is 6.15. The number of carbonyl (C=O) groups excluding carboxylic acids is 1. The maximum absolute atomic E-state index is 12.0. The van der Waals surface area contributed by atoms with E-state index in [1.807, 2.05) is 23.1 Å². The summed E-state index contributed by atoms with van der Waals surface area (Å²) < 4.78 is 0. The van der Waals surface area contributed by atoms with Gasteiger partial charge in [0.25, 0.3) is 0 Å². The molecule has 90 valence electrons. The van der Waals surface area contributed by atoms with Crippen LogP contribution < -0.4 is 11.1 Å². The normalized spacial score (nSPS) is 18.7. The van der Waals surface area contributed by atoms with Crippen molar-refractivity contribution in [3.05, 3.63) is 29.3 Å². The highest BCUT2D eigenvalue weighted by Crippen LogP contribution is 2.25. The molecule has 4 nitrogen and oxygen atoms in total. The first kappa shape index (κ1) is 10.4. The van der Waals surface area contributed by atoms with Crippen molar-refractivity contribution >= 4 is 11.7 Å². The molecule has 0 atom stereocenters. The Labute approximate surface area is 101 Å². The number of nitrogens with zero attached hydrogens (tertiary/aromatic N) is 1. The molecule has 1 heterocycles. The summed E-state index contributed by atoms with van der Waals surface area (Å²) in [5.74, 6) is 0. The standard InChI is InChI=1S/C13H17N3O/c14-11-5-4-9-7-16(8-10(9)6-11)13(17)15-12-2-1-3-12/h4-6,12H,1-3,7-8,14H2,(H,15,17). The van der Waals surface area contributed by atoms with Gasteiger partial charge in [-0.1, -0.05) is 6.07 Å². The van der Waals surface area contributed by atoms with Crippen LogP contribution in [-0.4, -0.2) is 17.0 Å². The average molecular weight is 231 g/mol. The number of benzene rings is 1. The molecule has 2 aliphatic rings. The largest absolute Gasteiger partial charge is 0.399 e. The summed E-state index contributed by atoms with van der Waals surface area (Å²) in [5.41, 5.74) is 8.90. The van der Waals surface area contributed by atoms with E-state index in [0.717, 1.165) is 18.5 Å². The second-order valence-electron chi connectivity index (χ2n) is 4.96. The monoisotopic (exact) mass is 231 g/mol. The topological polar surface area (TPSA) is 58.4 Å². The predicted octanol–water partition coefficient (Wildman–Crippen LogP) is 1.85. The SMILES string of the molecule is Nc1ccc2c(c1)CN(C(=O)NC1CCC1)C2. The maximum Gasteiger partial charge on any atom is 0.318 e. The number of nitrogen functional groups attached to an aromatic ring is 1. The molecule has 17 heavy (non-hydrogen) atoms. The van der Waals surface area contributed by atoms with Crippen LogP contribution in [0.4, 0.5) is 10.5 Å². The lowest BCUT2D eigenvalue weighted by Gasteiger charge is -2.28. The highest BCUT2D eigenvalue weighted by Gasteiger charge is 2.26. The van der Waals surface area contributed by atoms with Crippen molar-refractivity contribution in [3.63, 3.8) is 0 Å². The third-order valence-electron chi connectivity index (χ3n) is 3.67. The van der Waals surface area contributed by atoms with Crippen LogP contribution in [0.5, 0.6) is 0 Å². The first-order chi connectivity index (χ1) is 8.22. The van der Waals surface area contributed by atoms with Crippen LogP contribution >= 0.6 is 0 Å². The van der Waals surface area contributed by atoms with Gasteiger partial charge in [0.05, 0.1) is 0 Å². The molecule has 1 aromatic carbocycles. The Kier molecular flexibility index (Phi) is 2.42. The molecule has 1 saturated carbocycles. The fourth-order valence-electron chi connectivity index (χ4n) is 2.38. The van der Waals surface area contributed by atoms with Crippen molar-refractivity contribution in [2.45, 2.75) is 38.4 Å². The average Bonchev–Trinajstić information content (AvgIpc) is 2.65. The Morgan fingerprint density at radius 2 is 2.06 bits per heavy atom. The molecule has 4 heteroatoms. The van der Waals surface area contributed by atoms with Crippen LogP contribution in [0.3, 0.4) is 0 Å². The molecule has 0 aromatic heterocycles. The number of hydrogen-bond donors (Lipinski definition) is 2. The van der Waals surface area contributed by atoms with Crippen LogP contribution in [0, 0.1) is 0 Å². The smallest absolute Gasteiger partial charge is 0.318 e. The van der Waals surface area contributed by atoms with Crippen LogP contribution in [0.2, 0.25) is 0 Å². The van der Waals surface area contributed by atoms with Gasteiger partial charge >= 0.3 is 6.03 Å². The summed E-state index contributed by atoms with van der Waals surface area (Å²) in [6.45, 7) is 1.38. The summed E-state index contributed by atoms with van der Waals surface area (Å²) in [6.07, 6.45) is 3.49. The molecule has 2 amide bonds. The number of hydrogen-bond acceptors (Lipinski definition) is 2. The number of carbonyl (C=O) groups is 1. The van der Waals surface area contributed by atoms with Gasteiger partial charge in [-0.3, -0.25) is 0 Å². The van der Waals surface area contributed by atoms with Crippen molar-refractivity contribution in [3.8, 4) is 0 Å². The molecule has 1 aliphatic carbocycles. The van der Waals surface area contributed by atoms with Gasteiger partial charge in [-0.2, -0.15) is 0 Å². The van der Waals surface area contributed by atoms with Gasteiger partial charge in [0, 0.05) is 24.8 Å². The molecule has 1 fully saturated rings. The fourth-order valence-corrected chi connectivity index (χ4v) is 2.38. The van der Waals surface area contributed by atoms with Crippen LogP contribution in [0.15, 0.2) is 18.2 Å². The third kappa shape index (κ3) is 1.95. The molecule has 1 aromatic rings. The van der Waals surface area contributed by atoms with Gasteiger partial charge in [-0.25, -0.2) is 4.79 Å². The van der Waals surface area contributed by atoms with Gasteiger partial charge in [0.2, 0.25) is 0 Å². The Bertz CT molecular complexity index is 454. The number of fused-ring (bicyclic) bond motifs is 1. The molecule has 3 N–H and O–H groups in total. The number of amides is 2. The quantitative estimate of drug-likeness (QED) is 0.725. The van der Waals surface area contributed by atoms with Crippen molar-refractivity contribution in [2.24, 2.45) is 0 Å². The van der Waals surface area contributed by atoms with E-state index >= 15 is 0 Å². The Morgan fingerprint density at radius 3 is 2.76 bits per heavy atom. The fraction of sp³-hybridized carbons (Fsp3) is 0.462. The minimum Gasteiger partial charge on any atom is -0.399 e. The van der Waals surface area contributed by atoms with E-state index in [0.29, 0.717) is 19.1 Å². The summed E-state index contributed by atoms with van der Waals surface area (Å²) in [6, 6.07) is 6.33. The molecule has 0 bridgehead atoms. The van der Waals surface area contributed by atoms with E-state index in [1.165, 1.54) is 17.5 Å². The minimum absolute atomic E-state index is 0.0597. The van der Waals surface area contributed by atoms with E-state index in [2.05, 4.69) is 5.32 Å². The number of urea groups is 1. The summed E-state index contributed by atoms with van der Waals surface area (Å²) >= 11 is 0. The van der Waals surface area contributed by atoms with Gasteiger partial charge < -0.3 is 16.0 Å². The second-order valence-corrected chi connectivity index (χ2v) is 4.96. The molecule has 0 saturated heterocycles. The van der Waals surface area contributed by atoms with E-state index in [-0.39, 0.29) is 6.03 Å². The van der Waals surface area contributed by atoms with Crippen molar-refractivity contribution < 1.29 is 4.79 Å². The molecule has 1 aliphatic heterocycles. The molecule has 0 unspecified atom stereocenters. The highest BCUT2D eigenvalue weighted by molar-refractivity contribution is 5.75. The van der Waals surface area contributed by atoms with Gasteiger partial charge in [-0.15, -0.1) is 0 Å². The van der Waals surface area contributed by atoms with Gasteiger partial charge in [0.15, 0.2) is 0 Å². The summed E-state index contributed by atoms with van der Waals surface area (Å²) in [7, 11) is 0. The lowest BCUT2D eigenvalue weighted by atomic mass is 9.93. The van der Waals surface area contributed by atoms with Gasteiger partial charge in [0.1, 0.15) is 0 Å². The molecular formula is C13H17N3O. The van der Waals surface area contributed by atoms with Crippen molar-refractivity contribution in [2.75, 3.05) is 5.73 Å². The van der Waals surface area contributed by atoms with Crippen molar-refractivity contribution in [1.82, 2.24) is 10.2 Å². The number of nitrogens with two attached hydrogens (primary N) is 1. The van der Waals surface area contributed by atoms with Crippen LogP contribution in [-0.2, 0) is 13.1 Å². The Morgan fingerprint density at radius 1 is 1.29 bits per heavy atom. The molecule has 3 rings (SSSR count). The lowest BCUT2D eigenvalue weighted by molar-refractivity contribution is 0.186. The van der Waals surface area contributed by atoms with Crippen LogP contribution in [0.1, 0.15) is 30.4 Å². The molecule has 0 spiro atoms. The first-order valence-corrected chi connectivity index (χ1v) is 6.15. The highest BCUT2D eigenvalue weighted by atomic mass is 16.2. The zero-order chi connectivity index (χ0) is 11.8. The van der Waals surface area contributed by atoms with Gasteiger partial charge in [-0.05, 0) is 42.5 Å². The third-order valence-corrected chi connectivity index (χ3v) is 3.67. The van der Waals surface area contributed by atoms with E-state index in [9.17, 15) is 4.79 Å². The molecule has 0 radical (unpaired) electrons. The van der Waals surface area contributed by atoms with Crippen molar-refractivity contribution in [1.29, 1.82) is 0 Å². The predicted molar refractivity (Wildman–Crippen MR) is 66.3 cm³/mol. The minimum atomic E-state index is 0.0597. The summed E-state index contributed by atoms with van der Waals surface area (Å²) in [4.78, 5) is 13.8. The van der Waals surface area contributed by atoms with E-state index in [4.69, 9.17) is 5.73 Å². The zero-order valence-electron chi connectivity index (χ0n) is 9.78. The van der Waals surface area contributed by atoms with E-state index < -0.39 is 0 Å². The van der Waals surface area contributed by atoms with Crippen LogP contribution in [0.25, 0.3) is 0 Å². The second kappa shape index (κ2) is 3.95. The van der Waals surface area contributed by atoms with E-state index in [1.54, 1.807) is 0 Å². The summed E-state index contributed by atoms with van der Waals surface area (Å²) in [5, 5.41) is 3.06. The number of rotatable bonds is 1. The Hall–Kier alpha value is -1.71.